The number of alkyl halides is 1. The molecule has 204 valence electrons. The first-order valence-corrected chi connectivity index (χ1v) is 14.5. The van der Waals surface area contributed by atoms with Gasteiger partial charge in [-0.05, 0) is 49.6 Å². The lowest BCUT2D eigenvalue weighted by molar-refractivity contribution is -0.128. The zero-order chi connectivity index (χ0) is 26.7. The molecule has 3 saturated heterocycles. The number of aliphatic hydroxyl groups is 3. The highest BCUT2D eigenvalue weighted by Crippen LogP contribution is 2.36. The van der Waals surface area contributed by atoms with Gasteiger partial charge in [-0.25, -0.2) is 0 Å². The normalized spacial score (nSPS) is 37.9. The largest absolute Gasteiger partial charge is 0.390 e. The monoisotopic (exact) mass is 553 g/mol. The lowest BCUT2D eigenvalue weighted by Gasteiger charge is -2.33. The zero-order valence-corrected chi connectivity index (χ0v) is 22.6. The smallest absolute Gasteiger partial charge is 0.240 e. The minimum atomic E-state index is -1.36. The van der Waals surface area contributed by atoms with Crippen molar-refractivity contribution in [3.05, 3.63) is 35.4 Å². The van der Waals surface area contributed by atoms with Gasteiger partial charge in [-0.15, -0.1) is 23.4 Å². The Morgan fingerprint density at radius 1 is 1.24 bits per heavy atom. The molecule has 0 spiro atoms. The Hall–Kier alpha value is -1.42. The van der Waals surface area contributed by atoms with Crippen LogP contribution in [-0.2, 0) is 14.3 Å². The van der Waals surface area contributed by atoms with Gasteiger partial charge >= 0.3 is 0 Å². The number of rotatable bonds is 6. The average Bonchev–Trinajstić information content (AvgIpc) is 3.12. The Balaban J connectivity index is 1.43. The van der Waals surface area contributed by atoms with Crippen molar-refractivity contribution in [3.8, 4) is 6.07 Å². The predicted octanol–water partition coefficient (Wildman–Crippen LogP) is 1.08. The summed E-state index contributed by atoms with van der Waals surface area (Å²) in [5.41, 5.74) is 1.03. The lowest BCUT2D eigenvalue weighted by atomic mass is 9.85. The maximum Gasteiger partial charge on any atom is 0.240 e. The molecule has 0 radical (unpaired) electrons. The Kier molecular flexibility index (Phi) is 9.75. The molecule has 1 amide bonds. The van der Waals surface area contributed by atoms with Crippen LogP contribution in [0, 0.1) is 17.2 Å². The fourth-order valence-electron chi connectivity index (χ4n) is 5.69. The summed E-state index contributed by atoms with van der Waals surface area (Å²) in [4.78, 5) is 13.5. The summed E-state index contributed by atoms with van der Waals surface area (Å²) in [5.74, 6) is 0.169. The van der Waals surface area contributed by atoms with Crippen molar-refractivity contribution < 1.29 is 29.6 Å². The van der Waals surface area contributed by atoms with Crippen LogP contribution in [0.3, 0.4) is 0 Å². The quantitative estimate of drug-likeness (QED) is 0.327. The zero-order valence-electron chi connectivity index (χ0n) is 21.0. The van der Waals surface area contributed by atoms with Gasteiger partial charge in [0.25, 0.3) is 0 Å². The van der Waals surface area contributed by atoms with E-state index in [4.69, 9.17) is 26.3 Å². The second-order valence-electron chi connectivity index (χ2n) is 10.2. The molecule has 4 unspecified atom stereocenters. The lowest BCUT2D eigenvalue weighted by Crippen LogP contribution is -2.56. The Labute approximate surface area is 226 Å². The number of halogens is 1. The Morgan fingerprint density at radius 3 is 2.62 bits per heavy atom. The molecule has 11 heteroatoms. The molecule has 0 bridgehead atoms. The molecule has 1 aromatic carbocycles. The van der Waals surface area contributed by atoms with Crippen molar-refractivity contribution >= 4 is 29.3 Å². The number of thioether (sulfide) groups is 1. The Bertz CT molecular complexity index is 963. The van der Waals surface area contributed by atoms with Crippen molar-refractivity contribution in [1.29, 1.82) is 5.26 Å². The molecular formula is C26H36ClN3O6S. The SMILES string of the molecule is CSC1OC([C@H](NC(=O)[C@H]2NC[C@@H]3C[C@@H](c4ccc(C#N)cc4)CCO[C@H]32)[C@H](C)Cl)CC(O)C(O)[C@H]1O. The van der Waals surface area contributed by atoms with Gasteiger partial charge in [0, 0.05) is 25.5 Å². The van der Waals surface area contributed by atoms with E-state index in [1.54, 1.807) is 13.2 Å². The van der Waals surface area contributed by atoms with Crippen molar-refractivity contribution in [2.75, 3.05) is 19.4 Å². The number of nitrogens with one attached hydrogen (secondary N) is 2. The average molecular weight is 554 g/mol. The predicted molar refractivity (Wildman–Crippen MR) is 140 cm³/mol. The number of amides is 1. The first-order valence-electron chi connectivity index (χ1n) is 12.8. The van der Waals surface area contributed by atoms with E-state index >= 15 is 0 Å². The molecule has 0 aliphatic carbocycles. The van der Waals surface area contributed by atoms with E-state index in [1.165, 1.54) is 17.3 Å². The number of carbonyl (C=O) groups excluding carboxylic acids is 1. The summed E-state index contributed by atoms with van der Waals surface area (Å²) in [6.45, 7) is 2.90. The first kappa shape index (κ1) is 28.6. The molecule has 3 fully saturated rings. The number of nitriles is 1. The van der Waals surface area contributed by atoms with Gasteiger partial charge in [0.2, 0.25) is 5.91 Å². The third kappa shape index (κ3) is 6.43. The van der Waals surface area contributed by atoms with E-state index in [-0.39, 0.29) is 30.3 Å². The molecule has 3 aliphatic rings. The summed E-state index contributed by atoms with van der Waals surface area (Å²) >= 11 is 7.70. The molecule has 9 nitrogen and oxygen atoms in total. The van der Waals surface area contributed by atoms with Gasteiger partial charge in [-0.3, -0.25) is 4.79 Å². The van der Waals surface area contributed by atoms with Gasteiger partial charge < -0.3 is 35.4 Å². The number of benzene rings is 1. The second kappa shape index (κ2) is 12.6. The standard InChI is InChI=1S/C26H36ClN3O6S/c1-13(27)20(19-10-18(31)22(32)23(33)26(36-19)37-2)30-25(34)21-24-17(12-29-21)9-16(7-8-35-24)15-5-3-14(11-28)4-6-15/h3-6,13,16-24,26,29,31-33H,7-10,12H2,1-2H3,(H,30,34)/t13-,16-,17-,18?,19?,20+,21-,22?,23+,24+,26?/m0/s1. The fraction of sp³-hybridized carbons (Fsp3) is 0.692. The summed E-state index contributed by atoms with van der Waals surface area (Å²) in [6, 6.07) is 8.60. The van der Waals surface area contributed by atoms with Gasteiger partial charge in [0.1, 0.15) is 23.7 Å². The third-order valence-corrected chi connectivity index (χ3v) is 8.92. The summed E-state index contributed by atoms with van der Waals surface area (Å²) in [5, 5.41) is 45.9. The van der Waals surface area contributed by atoms with E-state index < -0.39 is 47.3 Å². The number of hydrogen-bond acceptors (Lipinski definition) is 9. The van der Waals surface area contributed by atoms with Crippen molar-refractivity contribution in [3.63, 3.8) is 0 Å². The van der Waals surface area contributed by atoms with E-state index in [1.807, 2.05) is 24.3 Å². The number of carbonyl (C=O) groups is 1. The second-order valence-corrected chi connectivity index (χ2v) is 11.8. The van der Waals surface area contributed by atoms with Crippen molar-refractivity contribution in [2.24, 2.45) is 5.92 Å². The summed E-state index contributed by atoms with van der Waals surface area (Å²) < 4.78 is 12.2. The highest BCUT2D eigenvalue weighted by molar-refractivity contribution is 7.99. The first-order chi connectivity index (χ1) is 17.7. The van der Waals surface area contributed by atoms with E-state index in [2.05, 4.69) is 16.7 Å². The number of fused-ring (bicyclic) bond motifs is 1. The molecule has 1 aromatic rings. The van der Waals surface area contributed by atoms with E-state index in [0.717, 1.165) is 12.8 Å². The molecule has 3 heterocycles. The van der Waals surface area contributed by atoms with Crippen LogP contribution in [0.25, 0.3) is 0 Å². The van der Waals surface area contributed by atoms with E-state index in [0.29, 0.717) is 18.7 Å². The van der Waals surface area contributed by atoms with Crippen molar-refractivity contribution in [1.82, 2.24) is 10.6 Å². The van der Waals surface area contributed by atoms with Crippen LogP contribution >= 0.6 is 23.4 Å². The molecular weight excluding hydrogens is 518 g/mol. The molecule has 0 aromatic heterocycles. The molecule has 11 atom stereocenters. The number of ether oxygens (including phenoxy) is 2. The molecule has 4 rings (SSSR count). The van der Waals surface area contributed by atoms with Crippen LogP contribution in [-0.4, -0.2) is 94.1 Å². The van der Waals surface area contributed by atoms with Gasteiger partial charge in [0.15, 0.2) is 0 Å². The maximum absolute atomic E-state index is 13.5. The molecule has 0 saturated carbocycles. The number of hydrogen-bond donors (Lipinski definition) is 5. The molecule has 5 N–H and O–H groups in total. The minimum absolute atomic E-state index is 0.0181. The highest BCUT2D eigenvalue weighted by atomic mass is 35.5. The van der Waals surface area contributed by atoms with Crippen LogP contribution in [0.5, 0.6) is 0 Å². The Morgan fingerprint density at radius 2 is 1.97 bits per heavy atom. The van der Waals surface area contributed by atoms with Crippen molar-refractivity contribution in [2.45, 2.75) is 85.5 Å². The molecule has 3 aliphatic heterocycles. The summed E-state index contributed by atoms with van der Waals surface area (Å²) in [6.07, 6.45) is -1.38. The van der Waals surface area contributed by atoms with Gasteiger partial charge in [-0.1, -0.05) is 12.1 Å². The number of aliphatic hydroxyl groups excluding tert-OH is 3. The number of nitrogens with zero attached hydrogens (tertiary/aromatic N) is 1. The highest BCUT2D eigenvalue weighted by Gasteiger charge is 2.46. The van der Waals surface area contributed by atoms with Gasteiger partial charge in [0.05, 0.1) is 41.4 Å². The van der Waals surface area contributed by atoms with Crippen LogP contribution < -0.4 is 10.6 Å². The van der Waals surface area contributed by atoms with Crippen LogP contribution in [0.2, 0.25) is 0 Å². The van der Waals surface area contributed by atoms with Crippen LogP contribution in [0.1, 0.15) is 43.2 Å². The van der Waals surface area contributed by atoms with Crippen LogP contribution in [0.4, 0.5) is 0 Å². The third-order valence-electron chi connectivity index (χ3n) is 7.79. The summed E-state index contributed by atoms with van der Waals surface area (Å²) in [7, 11) is 0. The maximum atomic E-state index is 13.5. The molecule has 37 heavy (non-hydrogen) atoms. The minimum Gasteiger partial charge on any atom is -0.390 e. The fourth-order valence-corrected chi connectivity index (χ4v) is 6.61. The van der Waals surface area contributed by atoms with Crippen LogP contribution in [0.15, 0.2) is 24.3 Å². The topological polar surface area (TPSA) is 144 Å². The van der Waals surface area contributed by atoms with E-state index in [9.17, 15) is 20.1 Å². The van der Waals surface area contributed by atoms with Gasteiger partial charge in [-0.2, -0.15) is 5.26 Å².